The Kier molecular flexibility index (Phi) is 3.87. The first-order chi connectivity index (χ1) is 4.93. The lowest BCUT2D eigenvalue weighted by molar-refractivity contribution is 1.25. The Bertz CT molecular complexity index is 196. The van der Waals surface area contributed by atoms with Crippen molar-refractivity contribution in [2.75, 3.05) is 5.75 Å². The summed E-state index contributed by atoms with van der Waals surface area (Å²) in [6.07, 6.45) is 3.70. The van der Waals surface area contributed by atoms with Gasteiger partial charge in [-0.1, -0.05) is 29.4 Å². The standard InChI is InChI=1S/C6H6ClNS2/c7-2-1-4-9-6-8-3-5-10-6/h1-3,5H,4H2/b2-1+. The molecule has 0 aromatic carbocycles. The van der Waals surface area contributed by atoms with Crippen LogP contribution in [0.25, 0.3) is 0 Å². The average Bonchev–Trinajstić information content (AvgIpc) is 2.41. The number of hydrogen-bond acceptors (Lipinski definition) is 3. The summed E-state index contributed by atoms with van der Waals surface area (Å²) in [6, 6.07) is 0. The van der Waals surface area contributed by atoms with E-state index in [2.05, 4.69) is 4.98 Å². The van der Waals surface area contributed by atoms with E-state index < -0.39 is 0 Å². The van der Waals surface area contributed by atoms with Crippen molar-refractivity contribution < 1.29 is 0 Å². The van der Waals surface area contributed by atoms with Crippen molar-refractivity contribution in [1.82, 2.24) is 4.98 Å². The Morgan fingerprint density at radius 1 is 1.80 bits per heavy atom. The van der Waals surface area contributed by atoms with Gasteiger partial charge in [0.05, 0.1) is 0 Å². The molecule has 1 heterocycles. The summed E-state index contributed by atoms with van der Waals surface area (Å²) in [5, 5.41) is 1.97. The molecule has 54 valence electrons. The maximum Gasteiger partial charge on any atom is 0.150 e. The van der Waals surface area contributed by atoms with Crippen molar-refractivity contribution in [2.45, 2.75) is 4.34 Å². The zero-order valence-corrected chi connectivity index (χ0v) is 7.55. The van der Waals surface area contributed by atoms with E-state index in [9.17, 15) is 0 Å². The van der Waals surface area contributed by atoms with Crippen LogP contribution in [0.4, 0.5) is 0 Å². The molecular formula is C6H6ClNS2. The predicted octanol–water partition coefficient (Wildman–Crippen LogP) is 2.99. The number of halogens is 1. The van der Waals surface area contributed by atoms with Gasteiger partial charge in [-0.2, -0.15) is 0 Å². The minimum atomic E-state index is 0.900. The van der Waals surface area contributed by atoms with Crippen LogP contribution in [-0.2, 0) is 0 Å². The minimum Gasteiger partial charge on any atom is -0.238 e. The van der Waals surface area contributed by atoms with E-state index in [0.29, 0.717) is 0 Å². The third kappa shape index (κ3) is 2.73. The van der Waals surface area contributed by atoms with Crippen molar-refractivity contribution in [3.8, 4) is 0 Å². The average molecular weight is 192 g/mol. The maximum absolute atomic E-state index is 5.33. The van der Waals surface area contributed by atoms with Crippen LogP contribution >= 0.6 is 34.7 Å². The van der Waals surface area contributed by atoms with Crippen LogP contribution in [0.5, 0.6) is 0 Å². The van der Waals surface area contributed by atoms with E-state index in [1.165, 1.54) is 5.54 Å². The molecular weight excluding hydrogens is 186 g/mol. The molecule has 0 saturated heterocycles. The van der Waals surface area contributed by atoms with Crippen LogP contribution in [0.1, 0.15) is 0 Å². The summed E-state index contributed by atoms with van der Waals surface area (Å²) in [6.45, 7) is 0. The first kappa shape index (κ1) is 8.11. The van der Waals surface area contributed by atoms with Crippen molar-refractivity contribution in [1.29, 1.82) is 0 Å². The van der Waals surface area contributed by atoms with E-state index in [-0.39, 0.29) is 0 Å². The Balaban J connectivity index is 2.28. The van der Waals surface area contributed by atoms with Crippen LogP contribution in [0.2, 0.25) is 0 Å². The molecule has 0 saturated carbocycles. The van der Waals surface area contributed by atoms with Crippen LogP contribution in [-0.4, -0.2) is 10.7 Å². The largest absolute Gasteiger partial charge is 0.238 e. The van der Waals surface area contributed by atoms with Crippen LogP contribution in [0.15, 0.2) is 27.5 Å². The molecule has 1 rings (SSSR count). The topological polar surface area (TPSA) is 12.9 Å². The highest BCUT2D eigenvalue weighted by Gasteiger charge is 1.91. The molecule has 0 aliphatic heterocycles. The van der Waals surface area contributed by atoms with Gasteiger partial charge in [0.25, 0.3) is 0 Å². The zero-order valence-electron chi connectivity index (χ0n) is 5.16. The number of rotatable bonds is 3. The van der Waals surface area contributed by atoms with Gasteiger partial charge in [-0.3, -0.25) is 0 Å². The normalized spacial score (nSPS) is 10.9. The van der Waals surface area contributed by atoms with Gasteiger partial charge in [-0.25, -0.2) is 4.98 Å². The second-order valence-corrected chi connectivity index (χ2v) is 3.88. The van der Waals surface area contributed by atoms with E-state index in [1.807, 2.05) is 11.5 Å². The second-order valence-electron chi connectivity index (χ2n) is 1.47. The summed E-state index contributed by atoms with van der Waals surface area (Å²) in [7, 11) is 0. The van der Waals surface area contributed by atoms with Crippen molar-refractivity contribution in [3.63, 3.8) is 0 Å². The lowest BCUT2D eigenvalue weighted by Crippen LogP contribution is -1.68. The highest BCUT2D eigenvalue weighted by atomic mass is 35.5. The van der Waals surface area contributed by atoms with Crippen molar-refractivity contribution in [3.05, 3.63) is 23.2 Å². The molecule has 1 aromatic rings. The monoisotopic (exact) mass is 191 g/mol. The SMILES string of the molecule is Cl/C=C/CSc1nccs1. The molecule has 1 aromatic heterocycles. The molecule has 0 unspecified atom stereocenters. The molecule has 10 heavy (non-hydrogen) atoms. The second kappa shape index (κ2) is 4.77. The van der Waals surface area contributed by atoms with Gasteiger partial charge in [0, 0.05) is 22.9 Å². The van der Waals surface area contributed by atoms with E-state index in [4.69, 9.17) is 11.6 Å². The van der Waals surface area contributed by atoms with Crippen LogP contribution in [0.3, 0.4) is 0 Å². The quantitative estimate of drug-likeness (QED) is 0.682. The van der Waals surface area contributed by atoms with Crippen molar-refractivity contribution >= 4 is 34.7 Å². The predicted molar refractivity (Wildman–Crippen MR) is 47.8 cm³/mol. The molecule has 0 aliphatic carbocycles. The fourth-order valence-corrected chi connectivity index (χ4v) is 2.11. The molecule has 0 amide bonds. The van der Waals surface area contributed by atoms with Gasteiger partial charge < -0.3 is 0 Å². The highest BCUT2D eigenvalue weighted by Crippen LogP contribution is 2.19. The van der Waals surface area contributed by atoms with Gasteiger partial charge >= 0.3 is 0 Å². The van der Waals surface area contributed by atoms with Gasteiger partial charge in [0.1, 0.15) is 4.34 Å². The Morgan fingerprint density at radius 2 is 2.70 bits per heavy atom. The smallest absolute Gasteiger partial charge is 0.150 e. The van der Waals surface area contributed by atoms with Gasteiger partial charge in [-0.15, -0.1) is 11.3 Å². The van der Waals surface area contributed by atoms with E-state index >= 15 is 0 Å². The molecule has 0 bridgehead atoms. The summed E-state index contributed by atoms with van der Waals surface area (Å²) >= 11 is 8.67. The minimum absolute atomic E-state index is 0.900. The fraction of sp³-hybridized carbons (Fsp3) is 0.167. The number of aromatic nitrogens is 1. The number of nitrogens with zero attached hydrogens (tertiary/aromatic N) is 1. The van der Waals surface area contributed by atoms with Gasteiger partial charge in [0.15, 0.2) is 0 Å². The lowest BCUT2D eigenvalue weighted by atomic mass is 10.8. The number of thioether (sulfide) groups is 1. The summed E-state index contributed by atoms with van der Waals surface area (Å²) in [5.41, 5.74) is 1.53. The van der Waals surface area contributed by atoms with E-state index in [1.54, 1.807) is 29.3 Å². The van der Waals surface area contributed by atoms with Crippen LogP contribution < -0.4 is 0 Å². The van der Waals surface area contributed by atoms with Crippen molar-refractivity contribution in [2.24, 2.45) is 0 Å². The first-order valence-corrected chi connectivity index (χ1v) is 5.01. The summed E-state index contributed by atoms with van der Waals surface area (Å²) in [5.74, 6) is 0.900. The highest BCUT2D eigenvalue weighted by molar-refractivity contribution is 8.01. The summed E-state index contributed by atoms with van der Waals surface area (Å²) < 4.78 is 1.09. The fourth-order valence-electron chi connectivity index (χ4n) is 0.437. The number of thiazole rings is 1. The Morgan fingerprint density at radius 3 is 3.30 bits per heavy atom. The molecule has 0 aliphatic rings. The maximum atomic E-state index is 5.33. The molecule has 4 heteroatoms. The lowest BCUT2D eigenvalue weighted by Gasteiger charge is -1.86. The number of hydrogen-bond donors (Lipinski definition) is 0. The molecule has 0 fully saturated rings. The van der Waals surface area contributed by atoms with Crippen LogP contribution in [0, 0.1) is 0 Å². The zero-order chi connectivity index (χ0) is 7.23. The summed E-state index contributed by atoms with van der Waals surface area (Å²) in [4.78, 5) is 4.09. The first-order valence-electron chi connectivity index (χ1n) is 2.71. The molecule has 1 nitrogen and oxygen atoms in total. The molecule has 0 radical (unpaired) electrons. The Hall–Kier alpha value is 0.01000. The molecule has 0 N–H and O–H groups in total. The molecule has 0 atom stereocenters. The third-order valence-electron chi connectivity index (χ3n) is 0.802. The Labute approximate surface area is 73.1 Å². The third-order valence-corrected chi connectivity index (χ3v) is 2.90. The van der Waals surface area contributed by atoms with E-state index in [0.717, 1.165) is 10.1 Å². The van der Waals surface area contributed by atoms with Gasteiger partial charge in [-0.05, 0) is 0 Å². The molecule has 0 spiro atoms. The van der Waals surface area contributed by atoms with Gasteiger partial charge in [0.2, 0.25) is 0 Å².